The van der Waals surface area contributed by atoms with Gasteiger partial charge in [-0.25, -0.2) is 0 Å². The van der Waals surface area contributed by atoms with Gasteiger partial charge in [-0.05, 0) is 46.6 Å². The third-order valence-electron chi connectivity index (χ3n) is 4.16. The minimum atomic E-state index is 0.626. The molecule has 2 fully saturated rings. The Hall–Kier alpha value is -0.0800. The maximum atomic E-state index is 3.37. The fraction of sp³-hybridized carbons (Fsp3) is 1.00. The van der Waals surface area contributed by atoms with Gasteiger partial charge in [-0.15, -0.1) is 0 Å². The summed E-state index contributed by atoms with van der Waals surface area (Å²) in [4.78, 5) is 2.77. The van der Waals surface area contributed by atoms with E-state index in [1.165, 1.54) is 25.7 Å². The lowest BCUT2D eigenvalue weighted by Gasteiger charge is -2.33. The fourth-order valence-electron chi connectivity index (χ4n) is 3.12. The second-order valence-corrected chi connectivity index (χ2v) is 4.73. The molecule has 0 amide bonds. The van der Waals surface area contributed by atoms with Gasteiger partial charge in [0.15, 0.2) is 0 Å². The van der Waals surface area contributed by atoms with Crippen molar-refractivity contribution in [3.63, 3.8) is 0 Å². The molecule has 2 aliphatic heterocycles. The predicted molar refractivity (Wildman–Crippen MR) is 55.9 cm³/mol. The number of nitrogens with one attached hydrogen (secondary N) is 1. The SMILES string of the molecule is CNC(C)C(C)N1C2CCC1CC2. The van der Waals surface area contributed by atoms with Crippen molar-refractivity contribution < 1.29 is 0 Å². The predicted octanol–water partition coefficient (Wildman–Crippen LogP) is 1.61. The maximum Gasteiger partial charge on any atom is 0.0224 e. The summed E-state index contributed by atoms with van der Waals surface area (Å²) >= 11 is 0. The molecule has 2 unspecified atom stereocenters. The first-order valence-electron chi connectivity index (χ1n) is 5.68. The van der Waals surface area contributed by atoms with E-state index < -0.39 is 0 Å². The molecule has 2 heterocycles. The van der Waals surface area contributed by atoms with Crippen LogP contribution >= 0.6 is 0 Å². The highest BCUT2D eigenvalue weighted by Gasteiger charge is 2.42. The van der Waals surface area contributed by atoms with Crippen LogP contribution < -0.4 is 5.32 Å². The van der Waals surface area contributed by atoms with E-state index in [9.17, 15) is 0 Å². The van der Waals surface area contributed by atoms with Crippen LogP contribution in [0.1, 0.15) is 39.5 Å². The van der Waals surface area contributed by atoms with Crippen molar-refractivity contribution in [3.05, 3.63) is 0 Å². The quantitative estimate of drug-likeness (QED) is 0.713. The molecule has 0 aliphatic carbocycles. The molecule has 2 atom stereocenters. The molecule has 0 saturated carbocycles. The summed E-state index contributed by atoms with van der Waals surface area (Å²) in [7, 11) is 2.07. The molecule has 13 heavy (non-hydrogen) atoms. The molecule has 2 heteroatoms. The minimum absolute atomic E-state index is 0.626. The highest BCUT2D eigenvalue weighted by Crippen LogP contribution is 2.39. The molecule has 2 saturated heterocycles. The minimum Gasteiger partial charge on any atom is -0.316 e. The Bertz CT molecular complexity index is 161. The molecule has 0 aromatic heterocycles. The van der Waals surface area contributed by atoms with E-state index in [2.05, 4.69) is 31.1 Å². The van der Waals surface area contributed by atoms with Gasteiger partial charge in [0.1, 0.15) is 0 Å². The van der Waals surface area contributed by atoms with Gasteiger partial charge in [-0.1, -0.05) is 0 Å². The third-order valence-corrected chi connectivity index (χ3v) is 4.16. The summed E-state index contributed by atoms with van der Waals surface area (Å²) < 4.78 is 0. The van der Waals surface area contributed by atoms with Crippen LogP contribution in [0.15, 0.2) is 0 Å². The molecule has 0 spiro atoms. The standard InChI is InChI=1S/C11H22N2/c1-8(12-3)9(2)13-10-4-5-11(13)7-6-10/h8-12H,4-7H2,1-3H3. The van der Waals surface area contributed by atoms with Crippen molar-refractivity contribution in [2.45, 2.75) is 63.7 Å². The van der Waals surface area contributed by atoms with Gasteiger partial charge < -0.3 is 5.32 Å². The Kier molecular flexibility index (Phi) is 2.61. The second-order valence-electron chi connectivity index (χ2n) is 4.73. The van der Waals surface area contributed by atoms with E-state index in [0.29, 0.717) is 12.1 Å². The van der Waals surface area contributed by atoms with Crippen LogP contribution in [0.5, 0.6) is 0 Å². The topological polar surface area (TPSA) is 15.3 Å². The number of rotatable bonds is 3. The summed E-state index contributed by atoms with van der Waals surface area (Å²) in [6.45, 7) is 4.67. The Labute approximate surface area is 81.7 Å². The lowest BCUT2D eigenvalue weighted by Crippen LogP contribution is -2.47. The van der Waals surface area contributed by atoms with E-state index in [-0.39, 0.29) is 0 Å². The van der Waals surface area contributed by atoms with Crippen LogP contribution in [0.4, 0.5) is 0 Å². The normalized spacial score (nSPS) is 38.1. The van der Waals surface area contributed by atoms with E-state index in [0.717, 1.165) is 12.1 Å². The van der Waals surface area contributed by atoms with E-state index in [4.69, 9.17) is 0 Å². The first-order valence-corrected chi connectivity index (χ1v) is 5.68. The molecule has 2 aliphatic rings. The number of fused-ring (bicyclic) bond motifs is 2. The molecule has 0 aromatic rings. The monoisotopic (exact) mass is 182 g/mol. The molecule has 2 bridgehead atoms. The van der Waals surface area contributed by atoms with Crippen LogP contribution in [0.2, 0.25) is 0 Å². The summed E-state index contributed by atoms with van der Waals surface area (Å²) in [5.74, 6) is 0. The third kappa shape index (κ3) is 1.50. The van der Waals surface area contributed by atoms with E-state index >= 15 is 0 Å². The van der Waals surface area contributed by atoms with Crippen molar-refractivity contribution in [2.75, 3.05) is 7.05 Å². The van der Waals surface area contributed by atoms with Crippen LogP contribution in [0, 0.1) is 0 Å². The molecule has 2 rings (SSSR count). The van der Waals surface area contributed by atoms with Crippen molar-refractivity contribution >= 4 is 0 Å². The first-order chi connectivity index (χ1) is 6.24. The van der Waals surface area contributed by atoms with E-state index in [1.54, 1.807) is 0 Å². The second kappa shape index (κ2) is 3.58. The highest BCUT2D eigenvalue weighted by atomic mass is 15.3. The van der Waals surface area contributed by atoms with Crippen molar-refractivity contribution in [3.8, 4) is 0 Å². The Balaban J connectivity index is 2.00. The smallest absolute Gasteiger partial charge is 0.0224 e. The Morgan fingerprint density at radius 2 is 1.54 bits per heavy atom. The fourth-order valence-corrected chi connectivity index (χ4v) is 3.12. The molecule has 76 valence electrons. The van der Waals surface area contributed by atoms with Gasteiger partial charge in [-0.2, -0.15) is 0 Å². The lowest BCUT2D eigenvalue weighted by molar-refractivity contribution is 0.159. The number of hydrogen-bond donors (Lipinski definition) is 1. The van der Waals surface area contributed by atoms with Gasteiger partial charge >= 0.3 is 0 Å². The van der Waals surface area contributed by atoms with Gasteiger partial charge in [0.25, 0.3) is 0 Å². The summed E-state index contributed by atoms with van der Waals surface area (Å²) in [6.07, 6.45) is 5.80. The molecular weight excluding hydrogens is 160 g/mol. The molecule has 2 nitrogen and oxygen atoms in total. The molecule has 0 aromatic carbocycles. The highest BCUT2D eigenvalue weighted by molar-refractivity contribution is 4.98. The van der Waals surface area contributed by atoms with Gasteiger partial charge in [0, 0.05) is 24.2 Å². The summed E-state index contributed by atoms with van der Waals surface area (Å²) in [5.41, 5.74) is 0. The largest absolute Gasteiger partial charge is 0.316 e. The zero-order valence-corrected chi connectivity index (χ0v) is 9.09. The zero-order chi connectivity index (χ0) is 9.42. The van der Waals surface area contributed by atoms with Crippen LogP contribution in [-0.4, -0.2) is 36.1 Å². The number of likely N-dealkylation sites (N-methyl/N-ethyl adjacent to an activating group) is 1. The first kappa shape index (κ1) is 9.47. The number of hydrogen-bond acceptors (Lipinski definition) is 2. The Morgan fingerprint density at radius 3 is 1.92 bits per heavy atom. The molecular formula is C11H22N2. The van der Waals surface area contributed by atoms with Crippen LogP contribution in [0.3, 0.4) is 0 Å². The van der Waals surface area contributed by atoms with E-state index in [1.807, 2.05) is 0 Å². The maximum absolute atomic E-state index is 3.37. The summed E-state index contributed by atoms with van der Waals surface area (Å²) in [5, 5.41) is 3.37. The van der Waals surface area contributed by atoms with Gasteiger partial charge in [-0.3, -0.25) is 4.90 Å². The Morgan fingerprint density at radius 1 is 1.08 bits per heavy atom. The van der Waals surface area contributed by atoms with Gasteiger partial charge in [0.2, 0.25) is 0 Å². The van der Waals surface area contributed by atoms with Gasteiger partial charge in [0.05, 0.1) is 0 Å². The van der Waals surface area contributed by atoms with Crippen molar-refractivity contribution in [2.24, 2.45) is 0 Å². The average Bonchev–Trinajstić information content (AvgIpc) is 2.74. The van der Waals surface area contributed by atoms with Crippen molar-refractivity contribution in [1.29, 1.82) is 0 Å². The zero-order valence-electron chi connectivity index (χ0n) is 9.09. The van der Waals surface area contributed by atoms with Crippen LogP contribution in [0.25, 0.3) is 0 Å². The lowest BCUT2D eigenvalue weighted by atomic mass is 10.0. The van der Waals surface area contributed by atoms with Crippen LogP contribution in [-0.2, 0) is 0 Å². The number of nitrogens with zero attached hydrogens (tertiary/aromatic N) is 1. The molecule has 0 radical (unpaired) electrons. The van der Waals surface area contributed by atoms with Crippen molar-refractivity contribution in [1.82, 2.24) is 10.2 Å². The summed E-state index contributed by atoms with van der Waals surface area (Å²) in [6, 6.07) is 3.16. The molecule has 1 N–H and O–H groups in total. The average molecular weight is 182 g/mol.